The molecule has 1 N–H and O–H groups in total. The van der Waals surface area contributed by atoms with Gasteiger partial charge in [0.15, 0.2) is 5.13 Å². The number of nitrogens with zero attached hydrogens (tertiary/aromatic N) is 5. The molecule has 2 aliphatic heterocycles. The Bertz CT molecular complexity index is 1110. The molecule has 1 atom stereocenters. The average molecular weight is 499 g/mol. The lowest BCUT2D eigenvalue weighted by atomic mass is 9.97. The van der Waals surface area contributed by atoms with Crippen LogP contribution >= 0.6 is 22.9 Å². The first-order valence-electron chi connectivity index (χ1n) is 12.0. The Morgan fingerprint density at radius 1 is 1.18 bits per heavy atom. The third-order valence-corrected chi connectivity index (χ3v) is 8.10. The Hall–Kier alpha value is -2.42. The number of piperidine rings is 1. The van der Waals surface area contributed by atoms with Crippen molar-refractivity contribution in [3.05, 3.63) is 47.1 Å². The van der Waals surface area contributed by atoms with E-state index in [9.17, 15) is 4.79 Å². The second kappa shape index (κ2) is 10.5. The number of pyridine rings is 1. The minimum Gasteiger partial charge on any atom is -0.369 e. The summed E-state index contributed by atoms with van der Waals surface area (Å²) in [6.45, 7) is 9.31. The molecule has 0 saturated carbocycles. The molecule has 7 nitrogen and oxygen atoms in total. The van der Waals surface area contributed by atoms with Gasteiger partial charge in [-0.1, -0.05) is 29.0 Å². The minimum atomic E-state index is 0.0105. The van der Waals surface area contributed by atoms with Crippen molar-refractivity contribution in [1.29, 1.82) is 0 Å². The zero-order valence-electron chi connectivity index (χ0n) is 19.5. The maximum atomic E-state index is 12.9. The molecule has 2 aliphatic rings. The van der Waals surface area contributed by atoms with Crippen molar-refractivity contribution in [3.63, 3.8) is 0 Å². The molecule has 5 rings (SSSR count). The summed E-state index contributed by atoms with van der Waals surface area (Å²) in [5.41, 5.74) is 3.42. The summed E-state index contributed by atoms with van der Waals surface area (Å²) >= 11 is 7.81. The normalized spacial score (nSPS) is 19.5. The first kappa shape index (κ1) is 23.3. The van der Waals surface area contributed by atoms with Crippen LogP contribution in [0, 0.1) is 12.8 Å². The van der Waals surface area contributed by atoms with Gasteiger partial charge in [-0.3, -0.25) is 9.69 Å². The molecule has 0 aliphatic carbocycles. The van der Waals surface area contributed by atoms with E-state index in [0.29, 0.717) is 6.54 Å². The van der Waals surface area contributed by atoms with Crippen molar-refractivity contribution in [2.45, 2.75) is 19.8 Å². The summed E-state index contributed by atoms with van der Waals surface area (Å²) in [6.07, 6.45) is 3.74. The number of fused-ring (bicyclic) bond motifs is 1. The van der Waals surface area contributed by atoms with Crippen LogP contribution in [0.4, 0.5) is 10.8 Å². The van der Waals surface area contributed by atoms with Gasteiger partial charge in [0.25, 0.3) is 0 Å². The fraction of sp³-hybridized carbons (Fsp3) is 0.480. The number of hydrogen-bond acceptors (Lipinski definition) is 7. The molecular weight excluding hydrogens is 468 g/mol. The highest BCUT2D eigenvalue weighted by atomic mass is 35.5. The standard InChI is InChI=1S/C25H31ClN6OS/c1-18-6-7-20(26)16-22(18)31-14-12-30(13-15-31)11-9-27-23(33)19-4-3-10-32(17-19)25-29-21-5-2-8-28-24(21)34-25/h2,5-8,16,19H,3-4,9-15,17H2,1H3,(H,27,33)/t19-/m1/s1. The number of hydrogen-bond donors (Lipinski definition) is 1. The zero-order valence-corrected chi connectivity index (χ0v) is 21.1. The predicted molar refractivity (Wildman–Crippen MR) is 140 cm³/mol. The summed E-state index contributed by atoms with van der Waals surface area (Å²) in [5.74, 6) is 0.175. The number of thiazole rings is 1. The van der Waals surface area contributed by atoms with Gasteiger partial charge in [-0.2, -0.15) is 0 Å². The highest BCUT2D eigenvalue weighted by molar-refractivity contribution is 7.21. The number of piperazine rings is 1. The first-order valence-corrected chi connectivity index (χ1v) is 13.2. The molecule has 9 heteroatoms. The van der Waals surface area contributed by atoms with E-state index in [0.717, 1.165) is 79.2 Å². The number of aromatic nitrogens is 2. The number of carbonyl (C=O) groups is 1. The van der Waals surface area contributed by atoms with Gasteiger partial charge >= 0.3 is 0 Å². The fourth-order valence-corrected chi connectivity index (χ4v) is 5.99. The smallest absolute Gasteiger partial charge is 0.224 e. The van der Waals surface area contributed by atoms with Crippen LogP contribution in [0.2, 0.25) is 5.02 Å². The SMILES string of the molecule is Cc1ccc(Cl)cc1N1CCN(CCNC(=O)[C@@H]2CCCN(c3nc4cccnc4s3)C2)CC1. The molecule has 0 unspecified atom stereocenters. The largest absolute Gasteiger partial charge is 0.369 e. The van der Waals surface area contributed by atoms with Gasteiger partial charge in [0.05, 0.1) is 5.92 Å². The summed E-state index contributed by atoms with van der Waals surface area (Å²) in [7, 11) is 0. The van der Waals surface area contributed by atoms with E-state index in [1.807, 2.05) is 18.2 Å². The van der Waals surface area contributed by atoms with Crippen molar-refractivity contribution < 1.29 is 4.79 Å². The molecule has 0 spiro atoms. The first-order chi connectivity index (χ1) is 16.6. The van der Waals surface area contributed by atoms with Gasteiger partial charge < -0.3 is 15.1 Å². The Kier molecular flexibility index (Phi) is 7.18. The van der Waals surface area contributed by atoms with Gasteiger partial charge in [-0.15, -0.1) is 0 Å². The summed E-state index contributed by atoms with van der Waals surface area (Å²) in [4.78, 5) is 30.1. The predicted octanol–water partition coefficient (Wildman–Crippen LogP) is 3.81. The van der Waals surface area contributed by atoms with Crippen LogP contribution in [-0.2, 0) is 4.79 Å². The molecule has 2 saturated heterocycles. The van der Waals surface area contributed by atoms with Crippen molar-refractivity contribution in [2.75, 3.05) is 62.2 Å². The second-order valence-electron chi connectivity index (χ2n) is 9.16. The number of nitrogens with one attached hydrogen (secondary N) is 1. The van der Waals surface area contributed by atoms with E-state index in [4.69, 9.17) is 16.6 Å². The van der Waals surface area contributed by atoms with Gasteiger partial charge in [-0.25, -0.2) is 9.97 Å². The molecular formula is C25H31ClN6OS. The summed E-state index contributed by atoms with van der Waals surface area (Å²) < 4.78 is 0. The van der Waals surface area contributed by atoms with Crippen LogP contribution in [0.15, 0.2) is 36.5 Å². The van der Waals surface area contributed by atoms with Crippen molar-refractivity contribution in [2.24, 2.45) is 5.92 Å². The third-order valence-electron chi connectivity index (χ3n) is 6.83. The van der Waals surface area contributed by atoms with E-state index in [2.05, 4.69) is 44.1 Å². The number of rotatable bonds is 6. The van der Waals surface area contributed by atoms with Crippen LogP contribution in [0.3, 0.4) is 0 Å². The monoisotopic (exact) mass is 498 g/mol. The Morgan fingerprint density at radius 2 is 2.03 bits per heavy atom. The van der Waals surface area contributed by atoms with Crippen LogP contribution in [0.1, 0.15) is 18.4 Å². The fourth-order valence-electron chi connectivity index (χ4n) is 4.88. The van der Waals surface area contributed by atoms with Crippen LogP contribution < -0.4 is 15.1 Å². The molecule has 34 heavy (non-hydrogen) atoms. The lowest BCUT2D eigenvalue weighted by Gasteiger charge is -2.37. The molecule has 3 aromatic rings. The Morgan fingerprint density at radius 3 is 2.85 bits per heavy atom. The number of anilines is 2. The van der Waals surface area contributed by atoms with Crippen LogP contribution in [0.25, 0.3) is 10.3 Å². The quantitative estimate of drug-likeness (QED) is 0.557. The van der Waals surface area contributed by atoms with Crippen molar-refractivity contribution >= 4 is 50.0 Å². The van der Waals surface area contributed by atoms with E-state index in [1.165, 1.54) is 11.3 Å². The second-order valence-corrected chi connectivity index (χ2v) is 10.6. The van der Waals surface area contributed by atoms with Gasteiger partial charge in [-0.05, 0) is 49.6 Å². The Labute approximate surface area is 209 Å². The Balaban J connectivity index is 1.07. The minimum absolute atomic E-state index is 0.0105. The van der Waals surface area contributed by atoms with Crippen molar-refractivity contribution in [3.8, 4) is 0 Å². The summed E-state index contributed by atoms with van der Waals surface area (Å²) in [6, 6.07) is 9.99. The maximum Gasteiger partial charge on any atom is 0.224 e. The van der Waals surface area contributed by atoms with E-state index in [-0.39, 0.29) is 11.8 Å². The average Bonchev–Trinajstić information content (AvgIpc) is 3.31. The maximum absolute atomic E-state index is 12.9. The van der Waals surface area contributed by atoms with Crippen LogP contribution in [0.5, 0.6) is 0 Å². The number of carbonyl (C=O) groups excluding carboxylic acids is 1. The summed E-state index contributed by atoms with van der Waals surface area (Å²) in [5, 5.41) is 4.95. The molecule has 180 valence electrons. The van der Waals surface area contributed by atoms with E-state index in [1.54, 1.807) is 17.5 Å². The van der Waals surface area contributed by atoms with E-state index >= 15 is 0 Å². The lowest BCUT2D eigenvalue weighted by molar-refractivity contribution is -0.125. The molecule has 1 amide bonds. The number of aryl methyl sites for hydroxylation is 1. The van der Waals surface area contributed by atoms with Crippen LogP contribution in [-0.4, -0.2) is 73.1 Å². The molecule has 2 aromatic heterocycles. The lowest BCUT2D eigenvalue weighted by Crippen LogP contribution is -2.49. The molecule has 4 heterocycles. The third kappa shape index (κ3) is 5.29. The number of benzene rings is 1. The molecule has 0 radical (unpaired) electrons. The molecule has 1 aromatic carbocycles. The van der Waals surface area contributed by atoms with Gasteiger partial charge in [0, 0.05) is 69.3 Å². The van der Waals surface area contributed by atoms with Gasteiger partial charge in [0.1, 0.15) is 10.3 Å². The van der Waals surface area contributed by atoms with Crippen molar-refractivity contribution in [1.82, 2.24) is 20.2 Å². The number of halogens is 1. The highest BCUT2D eigenvalue weighted by Gasteiger charge is 2.27. The molecule has 0 bridgehead atoms. The topological polar surface area (TPSA) is 64.6 Å². The highest BCUT2D eigenvalue weighted by Crippen LogP contribution is 2.30. The molecule has 2 fully saturated rings. The van der Waals surface area contributed by atoms with Gasteiger partial charge in [0.2, 0.25) is 5.91 Å². The van der Waals surface area contributed by atoms with E-state index < -0.39 is 0 Å². The zero-order chi connectivity index (χ0) is 23.5. The number of amides is 1.